The van der Waals surface area contributed by atoms with Gasteiger partial charge in [0.15, 0.2) is 0 Å². The zero-order valence-corrected chi connectivity index (χ0v) is 41.7. The van der Waals surface area contributed by atoms with Crippen molar-refractivity contribution in [1.29, 1.82) is 0 Å². The summed E-state index contributed by atoms with van der Waals surface area (Å²) in [5, 5.41) is 24.5. The molecule has 1 aliphatic carbocycles. The number of hydrogen-bond donors (Lipinski definition) is 2. The first-order chi connectivity index (χ1) is 30.8. The Morgan fingerprint density at radius 2 is 0.846 bits per heavy atom. The number of rotatable bonds is 6. The van der Waals surface area contributed by atoms with E-state index in [0.29, 0.717) is 22.0 Å². The van der Waals surface area contributed by atoms with E-state index in [4.69, 9.17) is 0 Å². The first kappa shape index (κ1) is 50.2. The van der Waals surface area contributed by atoms with Crippen LogP contribution in [0.5, 0.6) is 11.5 Å². The third kappa shape index (κ3) is 12.8. The number of fused-ring (bicyclic) bond motifs is 1. The molecule has 344 valence electrons. The van der Waals surface area contributed by atoms with Crippen LogP contribution in [0.4, 0.5) is 17.6 Å². The number of phenolic OH excluding ortho intramolecular Hbond substituents is 2. The van der Waals surface area contributed by atoms with Gasteiger partial charge in [-0.15, -0.1) is 24.3 Å². The zero-order chi connectivity index (χ0) is 47.1. The van der Waals surface area contributed by atoms with E-state index < -0.39 is 38.7 Å². The minimum atomic E-state index is -0.701. The maximum atomic E-state index is 15.2. The second-order valence-corrected chi connectivity index (χ2v) is 30.5. The zero-order valence-electron chi connectivity index (χ0n) is 38.5. The molecule has 1 fully saturated rings. The van der Waals surface area contributed by atoms with E-state index in [2.05, 4.69) is 55.4 Å². The molecule has 1 aliphatic heterocycles. The van der Waals surface area contributed by atoms with E-state index in [1.165, 1.54) is 49.2 Å². The maximum Gasteiger partial charge on any atom is -0.0866 e. The Morgan fingerprint density at radius 3 is 1.14 bits per heavy atom. The van der Waals surface area contributed by atoms with Crippen LogP contribution in [0.15, 0.2) is 121 Å². The molecular weight excluding hydrogens is 893 g/mol. The molecule has 9 heteroatoms. The summed E-state index contributed by atoms with van der Waals surface area (Å²) in [5.41, 5.74) is 4.83. The van der Waals surface area contributed by atoms with Gasteiger partial charge >= 0.3 is 312 Å². The van der Waals surface area contributed by atoms with Crippen LogP contribution in [-0.2, 0) is 37.8 Å². The molecular formula is C56H62F4O2S2Ti-2. The van der Waals surface area contributed by atoms with Gasteiger partial charge in [-0.1, -0.05) is 12.1 Å². The molecule has 65 heavy (non-hydrogen) atoms. The van der Waals surface area contributed by atoms with Crippen LogP contribution < -0.4 is 0 Å². The molecule has 8 rings (SSSR count). The van der Waals surface area contributed by atoms with Crippen LogP contribution in [0.3, 0.4) is 0 Å². The van der Waals surface area contributed by atoms with Gasteiger partial charge in [-0.2, -0.15) is 49.2 Å². The molecule has 0 spiro atoms. The second-order valence-electron chi connectivity index (χ2n) is 19.0. The van der Waals surface area contributed by atoms with Crippen molar-refractivity contribution in [2.75, 3.05) is 0 Å². The summed E-state index contributed by atoms with van der Waals surface area (Å²) in [6, 6.07) is 34.9. The Hall–Kier alpha value is -4.21. The van der Waals surface area contributed by atoms with Crippen molar-refractivity contribution in [1.82, 2.24) is 0 Å². The van der Waals surface area contributed by atoms with E-state index in [0.717, 1.165) is 59.1 Å². The number of phenols is 2. The van der Waals surface area contributed by atoms with Gasteiger partial charge in [0.1, 0.15) is 0 Å². The largest absolute Gasteiger partial charge is 0.199 e. The summed E-state index contributed by atoms with van der Waals surface area (Å²) in [7, 11) is -0.0551. The Bertz CT molecular complexity index is 2440. The second kappa shape index (κ2) is 22.1. The molecule has 1 saturated carbocycles. The van der Waals surface area contributed by atoms with Gasteiger partial charge in [0, 0.05) is 0 Å². The van der Waals surface area contributed by atoms with Gasteiger partial charge < -0.3 is 0 Å². The molecule has 2 N–H and O–H groups in total. The van der Waals surface area contributed by atoms with Crippen LogP contribution in [0, 0.1) is 37.1 Å². The Kier molecular flexibility index (Phi) is 17.0. The molecule has 6 aromatic rings. The molecule has 1 heterocycles. The third-order valence-corrected chi connectivity index (χ3v) is 27.9. The van der Waals surface area contributed by atoms with Gasteiger partial charge in [-0.05, 0) is 0 Å². The summed E-state index contributed by atoms with van der Waals surface area (Å²) in [6.45, 7) is 19.8. The molecule has 2 unspecified atom stereocenters. The van der Waals surface area contributed by atoms with Crippen molar-refractivity contribution in [2.45, 2.75) is 113 Å². The summed E-state index contributed by atoms with van der Waals surface area (Å²) in [4.78, 5) is 0. The predicted molar refractivity (Wildman–Crippen MR) is 264 cm³/mol. The first-order valence-corrected chi connectivity index (χ1v) is 29.1. The van der Waals surface area contributed by atoms with Crippen LogP contribution in [0.1, 0.15) is 113 Å². The number of hydrogen-bond acceptors (Lipinski definition) is 2. The number of aromatic hydroxyl groups is 2. The quantitative estimate of drug-likeness (QED) is 0.0992. The number of halogens is 4. The monoisotopic (exact) mass is 954 g/mol. The fourth-order valence-corrected chi connectivity index (χ4v) is 29.1. The first-order valence-electron chi connectivity index (χ1n) is 22.3. The summed E-state index contributed by atoms with van der Waals surface area (Å²) >= 11 is -0.624. The molecule has 2 aliphatic rings. The molecule has 6 aromatic carbocycles. The Labute approximate surface area is 395 Å². The fraction of sp³-hybridized carbons (Fsp3) is 0.321. The molecule has 4 atom stereocenters. The van der Waals surface area contributed by atoms with Crippen molar-refractivity contribution in [3.8, 4) is 33.8 Å². The summed E-state index contributed by atoms with van der Waals surface area (Å²) in [6.07, 6.45) is 6.90. The average molecular weight is 955 g/mol. The van der Waals surface area contributed by atoms with Crippen molar-refractivity contribution in [3.05, 3.63) is 192 Å². The normalized spacial score (nSPS) is 18.3. The van der Waals surface area contributed by atoms with Crippen LogP contribution >= 0.6 is 15.9 Å². The maximum absolute atomic E-state index is 15.2. The van der Waals surface area contributed by atoms with Gasteiger partial charge in [0.25, 0.3) is 0 Å². The Balaban J connectivity index is 0.000000424. The van der Waals surface area contributed by atoms with Gasteiger partial charge in [-0.3, -0.25) is 0 Å². The van der Waals surface area contributed by atoms with E-state index in [1.807, 2.05) is 72.8 Å². The van der Waals surface area contributed by atoms with E-state index in [1.54, 1.807) is 12.1 Å². The van der Waals surface area contributed by atoms with Crippen LogP contribution in [0.2, 0.25) is 0 Å². The minimum absolute atomic E-state index is 0.0275. The fourth-order valence-electron chi connectivity index (χ4n) is 8.26. The van der Waals surface area contributed by atoms with Gasteiger partial charge in [0.2, 0.25) is 0 Å². The minimum Gasteiger partial charge on any atom is -0.199 e. The molecule has 0 aromatic heterocycles. The predicted octanol–water partition coefficient (Wildman–Crippen LogP) is 16.6. The Morgan fingerprint density at radius 1 is 0.508 bits per heavy atom. The average Bonchev–Trinajstić information content (AvgIpc) is 3.53. The van der Waals surface area contributed by atoms with E-state index in [-0.39, 0.29) is 60.5 Å². The topological polar surface area (TPSA) is 40.5 Å². The smallest absolute Gasteiger partial charge is 0.0866 e. The standard InChI is InChI=1S/C42H48F4O2S2.2C7H7.Ti/c1-41(2,3)27-19-25(39(47)29(21-27)37-31(43)13-11-14-32(37)44)23-49-35-17-9-7-8-10-18-36(35)50-24-26-20-28(42(4,5)6)22-30(40(26)48)38-33(45)15-12-16-34(38)46;2*1-7-5-3-2-4-6-7;/h11-16,19-22,35-36,47-48H,7-10,17-18,23-24H2,1-6H3;2*2-6H,1H2;/q;2*-1;/t35-,36?;;;/m0.../s1. The third-order valence-electron chi connectivity index (χ3n) is 12.0. The number of benzene rings is 6. The van der Waals surface area contributed by atoms with Crippen molar-refractivity contribution < 1.29 is 43.2 Å². The molecule has 0 saturated heterocycles. The van der Waals surface area contributed by atoms with Gasteiger partial charge in [0.05, 0.1) is 0 Å². The molecule has 0 amide bonds. The molecule has 2 nitrogen and oxygen atoms in total. The van der Waals surface area contributed by atoms with E-state index >= 15 is 17.6 Å². The van der Waals surface area contributed by atoms with Gasteiger partial charge in [-0.25, -0.2) is 0 Å². The van der Waals surface area contributed by atoms with Crippen molar-refractivity contribution >= 4 is 15.9 Å². The summed E-state index contributed by atoms with van der Waals surface area (Å²) in [5.74, 6) is -1.59. The van der Waals surface area contributed by atoms with Crippen LogP contribution in [-0.4, -0.2) is 20.7 Å². The summed E-state index contributed by atoms with van der Waals surface area (Å²) < 4.78 is 60.6. The van der Waals surface area contributed by atoms with Crippen LogP contribution in [0.25, 0.3) is 22.3 Å². The van der Waals surface area contributed by atoms with Crippen molar-refractivity contribution in [2.24, 2.45) is 0 Å². The van der Waals surface area contributed by atoms with Crippen molar-refractivity contribution in [3.63, 3.8) is 0 Å². The van der Waals surface area contributed by atoms with E-state index in [9.17, 15) is 10.2 Å². The molecule has 0 bridgehead atoms. The molecule has 0 radical (unpaired) electrons. The SMILES string of the molecule is CC(C)(C)c1cc(C[S]2=[Ti]=[S@@](Cc3cc(C(C)(C)C)cc(-c4c(F)cccc4F)c3O)C3CCCCCC[C@@H]32)c(O)c(-c2c(F)cccc2F)c1.[CH2-]c1ccccc1.[CH2-]c1ccccc1.